The van der Waals surface area contributed by atoms with Crippen molar-refractivity contribution in [2.75, 3.05) is 5.32 Å². The number of hydrogen-bond acceptors (Lipinski definition) is 2. The van der Waals surface area contributed by atoms with Crippen molar-refractivity contribution in [2.24, 2.45) is 0 Å². The first-order chi connectivity index (χ1) is 6.59. The number of carbonyl (C=O) groups is 1. The largest absolute Gasteiger partial charge is 0.403 e. The summed E-state index contributed by atoms with van der Waals surface area (Å²) >= 11 is 5.03. The fourth-order valence-corrected chi connectivity index (χ4v) is 1.38. The average Bonchev–Trinajstić information content (AvgIpc) is 2.07. The molecular weight excluding hydrogens is 283 g/mol. The van der Waals surface area contributed by atoms with E-state index in [4.69, 9.17) is 12.2 Å². The molecule has 0 bridgehead atoms. The third-order valence-electron chi connectivity index (χ3n) is 1.77. The molecule has 0 fully saturated rings. The Balaban J connectivity index is 0.00000196. The van der Waals surface area contributed by atoms with Crippen LogP contribution in [0.2, 0.25) is 0 Å². The van der Waals surface area contributed by atoms with Gasteiger partial charge in [-0.15, -0.1) is 5.56 Å². The Bertz CT molecular complexity index is 365. The first-order valence-corrected chi connectivity index (χ1v) is 4.76. The molecule has 1 N–H and O–H groups in total. The van der Waals surface area contributed by atoms with Gasteiger partial charge in [-0.1, -0.05) is 24.8 Å². The number of carbonyl (C=O) groups excluding carboxylic acids is 1. The predicted octanol–water partition coefficient (Wildman–Crippen LogP) is 2.51. The second-order valence-electron chi connectivity index (χ2n) is 3.17. The van der Waals surface area contributed by atoms with E-state index in [-0.39, 0.29) is 38.5 Å². The number of ketones is 1. The quantitative estimate of drug-likeness (QED) is 0.686. The van der Waals surface area contributed by atoms with Crippen LogP contribution in [0.15, 0.2) is 18.2 Å². The SMILES string of the molecule is CC(=O)CC(=S)Nc1c[c-]ccc1C.[Y]. The van der Waals surface area contributed by atoms with Gasteiger partial charge in [0.05, 0.1) is 11.4 Å². The molecule has 1 aromatic rings. The van der Waals surface area contributed by atoms with Crippen molar-refractivity contribution in [2.45, 2.75) is 20.3 Å². The van der Waals surface area contributed by atoms with E-state index in [2.05, 4.69) is 11.4 Å². The molecule has 0 aliphatic rings. The van der Waals surface area contributed by atoms with Crippen LogP contribution in [-0.4, -0.2) is 10.8 Å². The molecule has 0 amide bonds. The number of anilines is 1. The summed E-state index contributed by atoms with van der Waals surface area (Å²) in [5, 5.41) is 3.02. The Labute approximate surface area is 121 Å². The van der Waals surface area contributed by atoms with Gasteiger partial charge in [0.15, 0.2) is 0 Å². The van der Waals surface area contributed by atoms with Gasteiger partial charge in [0.1, 0.15) is 5.78 Å². The van der Waals surface area contributed by atoms with Crippen LogP contribution >= 0.6 is 12.2 Å². The van der Waals surface area contributed by atoms with E-state index >= 15 is 0 Å². The molecule has 0 aliphatic carbocycles. The second-order valence-corrected chi connectivity index (χ2v) is 3.66. The van der Waals surface area contributed by atoms with E-state index in [1.165, 1.54) is 6.92 Å². The molecule has 1 radical (unpaired) electrons. The van der Waals surface area contributed by atoms with Crippen molar-refractivity contribution in [3.63, 3.8) is 0 Å². The Morgan fingerprint density at radius 1 is 1.60 bits per heavy atom. The van der Waals surface area contributed by atoms with Crippen LogP contribution in [-0.2, 0) is 37.5 Å². The first-order valence-electron chi connectivity index (χ1n) is 4.35. The molecule has 1 rings (SSSR count). The van der Waals surface area contributed by atoms with Gasteiger partial charge in [-0.2, -0.15) is 24.3 Å². The Morgan fingerprint density at radius 2 is 2.27 bits per heavy atom. The molecule has 0 saturated carbocycles. The molecule has 0 aliphatic heterocycles. The number of Topliss-reactive ketones (excluding diaryl/α,β-unsaturated/α-hetero) is 1. The van der Waals surface area contributed by atoms with E-state index in [1.807, 2.05) is 25.1 Å². The molecule has 1 aromatic carbocycles. The van der Waals surface area contributed by atoms with Crippen molar-refractivity contribution in [3.05, 3.63) is 29.8 Å². The zero-order chi connectivity index (χ0) is 10.6. The molecule has 0 saturated heterocycles. The van der Waals surface area contributed by atoms with Crippen LogP contribution in [0.5, 0.6) is 0 Å². The number of nitrogens with one attached hydrogen (secondary N) is 1. The minimum atomic E-state index is 0. The summed E-state index contributed by atoms with van der Waals surface area (Å²) < 4.78 is 0. The standard InChI is InChI=1S/C11H12NOS.Y/c1-8-5-3-4-6-10(8)12-11(14)7-9(2)13;/h3,5-6H,7H2,1-2H3,(H,12,14);/q-1;. The fourth-order valence-electron chi connectivity index (χ4n) is 1.06. The number of hydrogen-bond donors (Lipinski definition) is 1. The van der Waals surface area contributed by atoms with Gasteiger partial charge in [-0.3, -0.25) is 4.79 Å². The van der Waals surface area contributed by atoms with Gasteiger partial charge < -0.3 is 5.32 Å². The molecule has 0 unspecified atom stereocenters. The van der Waals surface area contributed by atoms with Crippen molar-refractivity contribution in [3.8, 4) is 0 Å². The predicted molar refractivity (Wildman–Crippen MR) is 61.5 cm³/mol. The Hall–Kier alpha value is -0.116. The Kier molecular flexibility index (Phi) is 7.15. The van der Waals surface area contributed by atoms with Crippen LogP contribution < -0.4 is 5.32 Å². The average molecular weight is 295 g/mol. The maximum atomic E-state index is 10.8. The van der Waals surface area contributed by atoms with Crippen LogP contribution in [0.3, 0.4) is 0 Å². The maximum absolute atomic E-state index is 10.8. The van der Waals surface area contributed by atoms with E-state index in [9.17, 15) is 4.79 Å². The molecule has 2 nitrogen and oxygen atoms in total. The zero-order valence-electron chi connectivity index (χ0n) is 8.83. The monoisotopic (exact) mass is 295 g/mol. The minimum absolute atomic E-state index is 0. The summed E-state index contributed by atoms with van der Waals surface area (Å²) in [5.41, 5.74) is 2.01. The van der Waals surface area contributed by atoms with Crippen LogP contribution in [0, 0.1) is 13.0 Å². The smallest absolute Gasteiger partial charge is 0.136 e. The third kappa shape index (κ3) is 5.50. The van der Waals surface area contributed by atoms with Gasteiger partial charge in [0, 0.05) is 32.7 Å². The van der Waals surface area contributed by atoms with Crippen molar-refractivity contribution >= 4 is 28.7 Å². The number of benzene rings is 1. The van der Waals surface area contributed by atoms with E-state index in [0.717, 1.165) is 11.3 Å². The van der Waals surface area contributed by atoms with Gasteiger partial charge in [-0.05, 0) is 6.92 Å². The summed E-state index contributed by atoms with van der Waals surface area (Å²) in [5.74, 6) is 0.0695. The molecule has 0 heterocycles. The van der Waals surface area contributed by atoms with Crippen molar-refractivity contribution < 1.29 is 37.5 Å². The van der Waals surface area contributed by atoms with Crippen LogP contribution in [0.4, 0.5) is 5.69 Å². The van der Waals surface area contributed by atoms with Gasteiger partial charge in [0.2, 0.25) is 0 Å². The first kappa shape index (κ1) is 14.9. The summed E-state index contributed by atoms with van der Waals surface area (Å²) in [4.78, 5) is 11.3. The Morgan fingerprint density at radius 3 is 2.80 bits per heavy atom. The van der Waals surface area contributed by atoms with Crippen molar-refractivity contribution in [1.29, 1.82) is 0 Å². The fraction of sp³-hybridized carbons (Fsp3) is 0.273. The molecule has 15 heavy (non-hydrogen) atoms. The summed E-state index contributed by atoms with van der Waals surface area (Å²) in [6.07, 6.45) is 0.295. The normalized spacial score (nSPS) is 8.93. The summed E-state index contributed by atoms with van der Waals surface area (Å²) in [6, 6.07) is 8.56. The van der Waals surface area contributed by atoms with Crippen molar-refractivity contribution in [1.82, 2.24) is 0 Å². The molecule has 77 valence electrons. The second kappa shape index (κ2) is 7.21. The maximum Gasteiger partial charge on any atom is 0.136 e. The topological polar surface area (TPSA) is 29.1 Å². The molecular formula is C11H12NOSY-. The van der Waals surface area contributed by atoms with E-state index in [0.29, 0.717) is 11.4 Å². The number of aryl methyl sites for hydroxylation is 1. The molecule has 0 aromatic heterocycles. The third-order valence-corrected chi connectivity index (χ3v) is 2.01. The summed E-state index contributed by atoms with van der Waals surface area (Å²) in [6.45, 7) is 3.50. The minimum Gasteiger partial charge on any atom is -0.403 e. The van der Waals surface area contributed by atoms with E-state index in [1.54, 1.807) is 0 Å². The van der Waals surface area contributed by atoms with Crippen LogP contribution in [0.25, 0.3) is 0 Å². The van der Waals surface area contributed by atoms with E-state index < -0.39 is 0 Å². The van der Waals surface area contributed by atoms with Gasteiger partial charge in [-0.25, -0.2) is 0 Å². The van der Waals surface area contributed by atoms with Crippen LogP contribution in [0.1, 0.15) is 18.9 Å². The van der Waals surface area contributed by atoms with Gasteiger partial charge >= 0.3 is 0 Å². The molecule has 0 atom stereocenters. The number of rotatable bonds is 3. The summed E-state index contributed by atoms with van der Waals surface area (Å²) in [7, 11) is 0. The molecule has 4 heteroatoms. The van der Waals surface area contributed by atoms with Gasteiger partial charge in [0.25, 0.3) is 0 Å². The molecule has 0 spiro atoms. The zero-order valence-corrected chi connectivity index (χ0v) is 12.5. The number of thiocarbonyl (C=S) groups is 1.